The Kier molecular flexibility index (Phi) is 3.16. The van der Waals surface area contributed by atoms with E-state index in [0.29, 0.717) is 22.3 Å². The molecule has 112 valence electrons. The molecule has 0 aliphatic carbocycles. The lowest BCUT2D eigenvalue weighted by Crippen LogP contribution is -2.15. The molecule has 0 saturated carbocycles. The number of fused-ring (bicyclic) bond motifs is 1. The van der Waals surface area contributed by atoms with Crippen LogP contribution in [-0.2, 0) is 12.7 Å². The second-order valence-corrected chi connectivity index (χ2v) is 4.72. The number of amides is 1. The molecule has 0 saturated heterocycles. The molecular formula is C14H9F3N4O. The van der Waals surface area contributed by atoms with E-state index in [9.17, 15) is 18.0 Å². The fraction of sp³-hybridized carbons (Fsp3) is 0.143. The van der Waals surface area contributed by atoms with Gasteiger partial charge in [0.2, 0.25) is 5.82 Å². The van der Waals surface area contributed by atoms with E-state index in [1.54, 1.807) is 0 Å². The summed E-state index contributed by atoms with van der Waals surface area (Å²) in [7, 11) is 0. The highest BCUT2D eigenvalue weighted by molar-refractivity contribution is 5.94. The van der Waals surface area contributed by atoms with Crippen LogP contribution < -0.4 is 5.73 Å². The number of carbonyl (C=O) groups excluding carboxylic acids is 1. The van der Waals surface area contributed by atoms with Gasteiger partial charge in [0.1, 0.15) is 0 Å². The van der Waals surface area contributed by atoms with Crippen LogP contribution >= 0.6 is 0 Å². The molecule has 1 aromatic heterocycles. The zero-order valence-electron chi connectivity index (χ0n) is 11.1. The van der Waals surface area contributed by atoms with Crippen LogP contribution in [0.4, 0.5) is 13.2 Å². The van der Waals surface area contributed by atoms with E-state index in [-0.39, 0.29) is 12.4 Å². The third-order valence-electron chi connectivity index (χ3n) is 3.26. The van der Waals surface area contributed by atoms with Crippen molar-refractivity contribution in [3.63, 3.8) is 0 Å². The zero-order chi connectivity index (χ0) is 15.9. The van der Waals surface area contributed by atoms with Crippen molar-refractivity contribution in [2.45, 2.75) is 12.7 Å². The number of halogens is 3. The van der Waals surface area contributed by atoms with Crippen molar-refractivity contribution in [2.75, 3.05) is 0 Å². The molecule has 1 aliphatic rings. The van der Waals surface area contributed by atoms with E-state index in [0.717, 1.165) is 12.1 Å². The van der Waals surface area contributed by atoms with Crippen LogP contribution in [0, 0.1) is 0 Å². The van der Waals surface area contributed by atoms with Crippen molar-refractivity contribution in [2.24, 2.45) is 10.7 Å². The molecule has 2 aromatic rings. The van der Waals surface area contributed by atoms with Gasteiger partial charge in [0.25, 0.3) is 5.91 Å². The van der Waals surface area contributed by atoms with Crippen molar-refractivity contribution in [3.8, 4) is 11.1 Å². The van der Waals surface area contributed by atoms with Gasteiger partial charge in [0.05, 0.1) is 12.1 Å². The summed E-state index contributed by atoms with van der Waals surface area (Å²) in [5.41, 5.74) is 6.05. The number of hydrogen-bond acceptors (Lipinski definition) is 4. The Bertz CT molecular complexity index is 782. The molecule has 0 fully saturated rings. The number of primary amides is 1. The standard InChI is InChI=1S/C14H9F3N4O/c15-14(16,17)9-1-7-3-19-6-11(7)10(2-9)8-4-20-13(12(18)22)21-5-8/h1-2,4-6H,3H2,(H2,18,22). The molecule has 0 bridgehead atoms. The van der Waals surface area contributed by atoms with Crippen molar-refractivity contribution in [1.82, 2.24) is 9.97 Å². The van der Waals surface area contributed by atoms with Gasteiger partial charge in [0, 0.05) is 29.7 Å². The Balaban J connectivity index is 2.15. The van der Waals surface area contributed by atoms with Gasteiger partial charge in [-0.15, -0.1) is 0 Å². The van der Waals surface area contributed by atoms with Crippen molar-refractivity contribution < 1.29 is 18.0 Å². The highest BCUT2D eigenvalue weighted by Gasteiger charge is 2.32. The van der Waals surface area contributed by atoms with Crippen LogP contribution in [0.5, 0.6) is 0 Å². The lowest BCUT2D eigenvalue weighted by atomic mass is 9.95. The number of benzene rings is 1. The number of nitrogens with two attached hydrogens (primary N) is 1. The van der Waals surface area contributed by atoms with Crippen LogP contribution in [0.2, 0.25) is 0 Å². The van der Waals surface area contributed by atoms with Crippen molar-refractivity contribution in [1.29, 1.82) is 0 Å². The second kappa shape index (κ2) is 4.90. The summed E-state index contributed by atoms with van der Waals surface area (Å²) in [5.74, 6) is -0.997. The summed E-state index contributed by atoms with van der Waals surface area (Å²) >= 11 is 0. The Hall–Kier alpha value is -2.77. The SMILES string of the molecule is NC(=O)c1ncc(-c2cc(C(F)(F)F)cc3c2C=NC3)cn1. The molecule has 0 unspecified atom stereocenters. The van der Waals surface area contributed by atoms with E-state index in [4.69, 9.17) is 5.73 Å². The molecule has 0 atom stereocenters. The smallest absolute Gasteiger partial charge is 0.363 e. The quantitative estimate of drug-likeness (QED) is 0.923. The van der Waals surface area contributed by atoms with Crippen LogP contribution in [0.15, 0.2) is 29.5 Å². The minimum atomic E-state index is -4.46. The average molecular weight is 306 g/mol. The third-order valence-corrected chi connectivity index (χ3v) is 3.26. The van der Waals surface area contributed by atoms with Crippen LogP contribution in [0.1, 0.15) is 27.3 Å². The van der Waals surface area contributed by atoms with E-state index in [2.05, 4.69) is 15.0 Å². The largest absolute Gasteiger partial charge is 0.416 e. The van der Waals surface area contributed by atoms with Gasteiger partial charge in [-0.2, -0.15) is 13.2 Å². The van der Waals surface area contributed by atoms with Crippen molar-refractivity contribution in [3.05, 3.63) is 47.0 Å². The molecule has 0 spiro atoms. The molecule has 1 aromatic carbocycles. The van der Waals surface area contributed by atoms with Crippen LogP contribution in [0.25, 0.3) is 11.1 Å². The molecule has 22 heavy (non-hydrogen) atoms. The molecular weight excluding hydrogens is 297 g/mol. The first-order chi connectivity index (χ1) is 10.4. The first kappa shape index (κ1) is 14.2. The van der Waals surface area contributed by atoms with Gasteiger partial charge in [-0.25, -0.2) is 9.97 Å². The molecule has 8 heteroatoms. The first-order valence-corrected chi connectivity index (χ1v) is 6.22. The second-order valence-electron chi connectivity index (χ2n) is 4.72. The minimum absolute atomic E-state index is 0.193. The zero-order valence-corrected chi connectivity index (χ0v) is 11.1. The molecule has 1 aliphatic heterocycles. The topological polar surface area (TPSA) is 81.2 Å². The molecule has 2 heterocycles. The monoisotopic (exact) mass is 306 g/mol. The minimum Gasteiger partial charge on any atom is -0.363 e. The van der Waals surface area contributed by atoms with Gasteiger partial charge < -0.3 is 5.73 Å². The number of hydrogen-bond donors (Lipinski definition) is 1. The summed E-state index contributed by atoms with van der Waals surface area (Å²) in [5, 5.41) is 0. The summed E-state index contributed by atoms with van der Waals surface area (Å²) in [6.45, 7) is 0.201. The lowest BCUT2D eigenvalue weighted by molar-refractivity contribution is -0.137. The summed E-state index contributed by atoms with van der Waals surface area (Å²) < 4.78 is 39.0. The van der Waals surface area contributed by atoms with Crippen molar-refractivity contribution >= 4 is 12.1 Å². The number of rotatable bonds is 2. The average Bonchev–Trinajstić information content (AvgIpc) is 2.93. The van der Waals surface area contributed by atoms with Gasteiger partial charge >= 0.3 is 6.18 Å². The molecule has 0 radical (unpaired) electrons. The Morgan fingerprint density at radius 3 is 2.45 bits per heavy atom. The number of aliphatic imine (C=N–C) groups is 1. The summed E-state index contributed by atoms with van der Waals surface area (Å²) in [6.07, 6.45) is -0.392. The highest BCUT2D eigenvalue weighted by atomic mass is 19.4. The Morgan fingerprint density at radius 1 is 1.18 bits per heavy atom. The predicted octanol–water partition coefficient (Wildman–Crippen LogP) is 2.19. The number of carbonyl (C=O) groups is 1. The van der Waals surface area contributed by atoms with E-state index < -0.39 is 17.6 Å². The van der Waals surface area contributed by atoms with Gasteiger partial charge in [-0.1, -0.05) is 0 Å². The van der Waals surface area contributed by atoms with Gasteiger partial charge in [0.15, 0.2) is 0 Å². The maximum absolute atomic E-state index is 13.0. The lowest BCUT2D eigenvalue weighted by Gasteiger charge is -2.13. The third kappa shape index (κ3) is 2.43. The van der Waals surface area contributed by atoms with Gasteiger partial charge in [-0.3, -0.25) is 9.79 Å². The maximum Gasteiger partial charge on any atom is 0.416 e. The Morgan fingerprint density at radius 2 is 1.86 bits per heavy atom. The van der Waals surface area contributed by atoms with Crippen LogP contribution in [-0.4, -0.2) is 22.1 Å². The van der Waals surface area contributed by atoms with E-state index >= 15 is 0 Å². The summed E-state index contributed by atoms with van der Waals surface area (Å²) in [4.78, 5) is 22.5. The Labute approximate surface area is 122 Å². The van der Waals surface area contributed by atoms with E-state index in [1.807, 2.05) is 0 Å². The normalized spacial score (nSPS) is 13.2. The fourth-order valence-electron chi connectivity index (χ4n) is 2.23. The predicted molar refractivity (Wildman–Crippen MR) is 72.3 cm³/mol. The van der Waals surface area contributed by atoms with Gasteiger partial charge in [-0.05, 0) is 23.3 Å². The fourth-order valence-corrected chi connectivity index (χ4v) is 2.23. The van der Waals surface area contributed by atoms with Crippen LogP contribution in [0.3, 0.4) is 0 Å². The number of alkyl halides is 3. The molecule has 5 nitrogen and oxygen atoms in total. The summed E-state index contributed by atoms with van der Waals surface area (Å²) in [6, 6.07) is 2.11. The highest BCUT2D eigenvalue weighted by Crippen LogP contribution is 2.36. The molecule has 1 amide bonds. The first-order valence-electron chi connectivity index (χ1n) is 6.22. The number of aromatic nitrogens is 2. The molecule has 2 N–H and O–H groups in total. The molecule has 3 rings (SSSR count). The number of nitrogens with zero attached hydrogens (tertiary/aromatic N) is 3. The maximum atomic E-state index is 13.0. The van der Waals surface area contributed by atoms with E-state index in [1.165, 1.54) is 18.6 Å².